The highest BCUT2D eigenvalue weighted by Gasteiger charge is 2.06. The first-order valence-corrected chi connectivity index (χ1v) is 4.66. The molecule has 1 rings (SSSR count). The minimum Gasteiger partial charge on any atom is -0.497 e. The number of methoxy groups -OCH3 is 1. The normalized spacial score (nSPS) is 15.8. The molecule has 0 N–H and O–H groups in total. The molecule has 0 fully saturated rings. The van der Waals surface area contributed by atoms with Gasteiger partial charge in [-0.2, -0.15) is 12.6 Å². The Balaban J connectivity index is 2.80. The fraction of sp³-hybridized carbons (Fsp3) is 0.300. The molecular formula is C10H12O2S. The Kier molecular flexibility index (Phi) is 3.83. The second kappa shape index (κ2) is 4.92. The average Bonchev–Trinajstić information content (AvgIpc) is 2.41. The van der Waals surface area contributed by atoms with Crippen molar-refractivity contribution < 1.29 is 9.53 Å². The predicted octanol–water partition coefficient (Wildman–Crippen LogP) is 1.90. The highest BCUT2D eigenvalue weighted by atomic mass is 32.1. The molecule has 0 amide bonds. The molecule has 0 saturated carbocycles. The molecule has 1 aliphatic rings. The first-order chi connectivity index (χ1) is 6.27. The number of carbonyl (C=O) groups excluding carboxylic acids is 1. The molecule has 0 aliphatic heterocycles. The number of thiol groups is 1. The van der Waals surface area contributed by atoms with E-state index in [9.17, 15) is 4.79 Å². The van der Waals surface area contributed by atoms with Crippen molar-refractivity contribution in [2.45, 2.75) is 6.42 Å². The quantitative estimate of drug-likeness (QED) is 0.698. The van der Waals surface area contributed by atoms with Crippen LogP contribution >= 0.6 is 12.6 Å². The molecule has 0 bridgehead atoms. The second-order valence-electron chi connectivity index (χ2n) is 2.65. The van der Waals surface area contributed by atoms with Gasteiger partial charge in [0, 0.05) is 0 Å². The highest BCUT2D eigenvalue weighted by Crippen LogP contribution is 2.12. The van der Waals surface area contributed by atoms with Crippen LogP contribution in [0.5, 0.6) is 0 Å². The maximum atomic E-state index is 11.3. The summed E-state index contributed by atoms with van der Waals surface area (Å²) in [6.45, 7) is 0. The SMILES string of the molecule is COC1=CC=C(C(=O)CS)CC=C1. The van der Waals surface area contributed by atoms with Crippen LogP contribution in [0.3, 0.4) is 0 Å². The van der Waals surface area contributed by atoms with Crippen molar-refractivity contribution in [3.05, 3.63) is 35.6 Å². The van der Waals surface area contributed by atoms with Gasteiger partial charge < -0.3 is 4.74 Å². The van der Waals surface area contributed by atoms with Gasteiger partial charge in [-0.3, -0.25) is 4.79 Å². The Morgan fingerprint density at radius 2 is 2.38 bits per heavy atom. The zero-order valence-corrected chi connectivity index (χ0v) is 8.38. The van der Waals surface area contributed by atoms with Crippen molar-refractivity contribution in [3.63, 3.8) is 0 Å². The van der Waals surface area contributed by atoms with Crippen LogP contribution in [0.15, 0.2) is 35.6 Å². The van der Waals surface area contributed by atoms with Crippen molar-refractivity contribution in [2.24, 2.45) is 0 Å². The van der Waals surface area contributed by atoms with Crippen molar-refractivity contribution in [3.8, 4) is 0 Å². The van der Waals surface area contributed by atoms with E-state index in [1.807, 2.05) is 12.2 Å². The summed E-state index contributed by atoms with van der Waals surface area (Å²) in [7, 11) is 1.61. The van der Waals surface area contributed by atoms with Gasteiger partial charge in [0.2, 0.25) is 0 Å². The summed E-state index contributed by atoms with van der Waals surface area (Å²) in [5.74, 6) is 1.10. The van der Waals surface area contributed by atoms with Crippen LogP contribution in [0, 0.1) is 0 Å². The molecule has 3 heteroatoms. The van der Waals surface area contributed by atoms with Crippen LogP contribution in [0.2, 0.25) is 0 Å². The molecule has 0 aromatic carbocycles. The van der Waals surface area contributed by atoms with Gasteiger partial charge in [-0.15, -0.1) is 0 Å². The van der Waals surface area contributed by atoms with Gasteiger partial charge in [0.25, 0.3) is 0 Å². The lowest BCUT2D eigenvalue weighted by atomic mass is 10.1. The van der Waals surface area contributed by atoms with Crippen LogP contribution in [0.4, 0.5) is 0 Å². The lowest BCUT2D eigenvalue weighted by Gasteiger charge is -1.97. The van der Waals surface area contributed by atoms with Crippen LogP contribution in [0.1, 0.15) is 6.42 Å². The number of rotatable bonds is 3. The minimum absolute atomic E-state index is 0.0709. The minimum atomic E-state index is 0.0709. The number of Topliss-reactive ketones (excluding diaryl/α,β-unsaturated/α-hetero) is 1. The lowest BCUT2D eigenvalue weighted by molar-refractivity contribution is -0.113. The van der Waals surface area contributed by atoms with E-state index in [0.717, 1.165) is 11.3 Å². The Labute approximate surface area is 83.4 Å². The summed E-state index contributed by atoms with van der Waals surface area (Å²) < 4.78 is 5.03. The van der Waals surface area contributed by atoms with Crippen molar-refractivity contribution >= 4 is 18.4 Å². The largest absolute Gasteiger partial charge is 0.497 e. The van der Waals surface area contributed by atoms with E-state index >= 15 is 0 Å². The van der Waals surface area contributed by atoms with E-state index in [1.54, 1.807) is 19.3 Å². The Hall–Kier alpha value is -0.960. The first-order valence-electron chi connectivity index (χ1n) is 4.03. The summed E-state index contributed by atoms with van der Waals surface area (Å²) in [6, 6.07) is 0. The monoisotopic (exact) mass is 196 g/mol. The molecule has 70 valence electrons. The first kappa shape index (κ1) is 10.1. The van der Waals surface area contributed by atoms with Gasteiger partial charge >= 0.3 is 0 Å². The highest BCUT2D eigenvalue weighted by molar-refractivity contribution is 7.81. The fourth-order valence-electron chi connectivity index (χ4n) is 1.05. The third kappa shape index (κ3) is 2.77. The van der Waals surface area contributed by atoms with Crippen molar-refractivity contribution in [2.75, 3.05) is 12.9 Å². The summed E-state index contributed by atoms with van der Waals surface area (Å²) >= 11 is 3.94. The van der Waals surface area contributed by atoms with Gasteiger partial charge in [0.15, 0.2) is 5.78 Å². The molecule has 0 spiro atoms. The third-order valence-electron chi connectivity index (χ3n) is 1.81. The molecule has 13 heavy (non-hydrogen) atoms. The standard InChI is InChI=1S/C10H12O2S/c1-12-9-4-2-3-8(5-6-9)10(11)7-13/h2,4-6,13H,3,7H2,1H3. The van der Waals surface area contributed by atoms with E-state index in [2.05, 4.69) is 12.6 Å². The van der Waals surface area contributed by atoms with Gasteiger partial charge in [0.1, 0.15) is 5.76 Å². The zero-order valence-electron chi connectivity index (χ0n) is 7.49. The van der Waals surface area contributed by atoms with E-state index in [0.29, 0.717) is 6.42 Å². The summed E-state index contributed by atoms with van der Waals surface area (Å²) in [5.41, 5.74) is 0.776. The van der Waals surface area contributed by atoms with Gasteiger partial charge in [-0.1, -0.05) is 12.2 Å². The third-order valence-corrected chi connectivity index (χ3v) is 2.09. The zero-order chi connectivity index (χ0) is 9.68. The molecule has 0 aromatic rings. The predicted molar refractivity (Wildman–Crippen MR) is 55.8 cm³/mol. The molecule has 1 aliphatic carbocycles. The fourth-order valence-corrected chi connectivity index (χ4v) is 1.26. The van der Waals surface area contributed by atoms with E-state index in [4.69, 9.17) is 4.74 Å². The number of ether oxygens (including phenoxy) is 1. The average molecular weight is 196 g/mol. The molecule has 0 radical (unpaired) electrons. The lowest BCUT2D eigenvalue weighted by Crippen LogP contribution is -2.02. The Morgan fingerprint density at radius 1 is 1.62 bits per heavy atom. The topological polar surface area (TPSA) is 26.3 Å². The number of allylic oxidation sites excluding steroid dienone is 5. The van der Waals surface area contributed by atoms with Gasteiger partial charge in [-0.25, -0.2) is 0 Å². The maximum absolute atomic E-state index is 11.3. The second-order valence-corrected chi connectivity index (χ2v) is 2.97. The number of ketones is 1. The molecule has 0 aromatic heterocycles. The number of hydrogen-bond acceptors (Lipinski definition) is 3. The van der Waals surface area contributed by atoms with Crippen molar-refractivity contribution in [1.82, 2.24) is 0 Å². The van der Waals surface area contributed by atoms with Crippen molar-refractivity contribution in [1.29, 1.82) is 0 Å². The molecule has 2 nitrogen and oxygen atoms in total. The van der Waals surface area contributed by atoms with Gasteiger partial charge in [-0.05, 0) is 24.1 Å². The maximum Gasteiger partial charge on any atom is 0.168 e. The molecule has 0 heterocycles. The molecule has 0 unspecified atom stereocenters. The van der Waals surface area contributed by atoms with Crippen LogP contribution in [-0.2, 0) is 9.53 Å². The summed E-state index contributed by atoms with van der Waals surface area (Å²) in [4.78, 5) is 11.3. The smallest absolute Gasteiger partial charge is 0.168 e. The van der Waals surface area contributed by atoms with Crippen LogP contribution in [0.25, 0.3) is 0 Å². The summed E-state index contributed by atoms with van der Waals surface area (Å²) in [6.07, 6.45) is 8.01. The van der Waals surface area contributed by atoms with Crippen LogP contribution < -0.4 is 0 Å². The van der Waals surface area contributed by atoms with E-state index in [-0.39, 0.29) is 11.5 Å². The Bertz CT molecular complexity index is 287. The molecular weight excluding hydrogens is 184 g/mol. The van der Waals surface area contributed by atoms with E-state index in [1.165, 1.54) is 0 Å². The Morgan fingerprint density at radius 3 is 3.00 bits per heavy atom. The molecule has 0 saturated heterocycles. The number of carbonyl (C=O) groups is 1. The van der Waals surface area contributed by atoms with Crippen LogP contribution in [-0.4, -0.2) is 18.6 Å². The number of hydrogen-bond donors (Lipinski definition) is 1. The van der Waals surface area contributed by atoms with E-state index < -0.39 is 0 Å². The summed E-state index contributed by atoms with van der Waals surface area (Å²) in [5, 5.41) is 0. The van der Waals surface area contributed by atoms with Gasteiger partial charge in [0.05, 0.1) is 12.9 Å². The molecule has 0 atom stereocenters.